The zero-order chi connectivity index (χ0) is 21.0. The summed E-state index contributed by atoms with van der Waals surface area (Å²) in [5.74, 6) is -3.31. The molecule has 1 atom stereocenters. The van der Waals surface area contributed by atoms with Crippen LogP contribution in [0.1, 0.15) is 28.6 Å². The van der Waals surface area contributed by atoms with Crippen LogP contribution < -0.4 is 0 Å². The van der Waals surface area contributed by atoms with Gasteiger partial charge in [-0.05, 0) is 31.7 Å². The largest absolute Gasteiger partial charge is 0.339 e. The molecule has 1 fully saturated rings. The number of likely N-dealkylation sites (tertiary alicyclic amines) is 1. The number of imidazole rings is 1. The molecule has 0 aliphatic carbocycles. The lowest BCUT2D eigenvalue weighted by Crippen LogP contribution is -2.26. The van der Waals surface area contributed by atoms with E-state index in [1.807, 2.05) is 6.92 Å². The van der Waals surface area contributed by atoms with Crippen molar-refractivity contribution < 1.29 is 8.78 Å². The number of alkyl halides is 2. The van der Waals surface area contributed by atoms with Crippen LogP contribution in [0.25, 0.3) is 21.9 Å². The number of H-pyrrole nitrogens is 1. The number of aromatic nitrogens is 6. The third-order valence-corrected chi connectivity index (χ3v) is 5.43. The molecular formula is C20H18F2N8. The summed E-state index contributed by atoms with van der Waals surface area (Å²) in [5.41, 5.74) is 3.20. The molecule has 152 valence electrons. The van der Waals surface area contributed by atoms with Crippen molar-refractivity contribution >= 4 is 21.9 Å². The van der Waals surface area contributed by atoms with Gasteiger partial charge in [-0.3, -0.25) is 9.88 Å². The quantitative estimate of drug-likeness (QED) is 0.559. The molecule has 0 amide bonds. The van der Waals surface area contributed by atoms with E-state index in [4.69, 9.17) is 0 Å². The first-order valence-electron chi connectivity index (χ1n) is 9.48. The first-order valence-corrected chi connectivity index (χ1v) is 9.48. The van der Waals surface area contributed by atoms with Crippen LogP contribution in [-0.2, 0) is 6.54 Å². The number of nitrogens with zero attached hydrogens (tertiary/aromatic N) is 7. The molecule has 4 heterocycles. The number of nitriles is 1. The van der Waals surface area contributed by atoms with Crippen molar-refractivity contribution in [2.45, 2.75) is 25.3 Å². The van der Waals surface area contributed by atoms with E-state index in [0.717, 1.165) is 5.69 Å². The molecule has 30 heavy (non-hydrogen) atoms. The maximum absolute atomic E-state index is 14.7. The Morgan fingerprint density at radius 2 is 2.13 bits per heavy atom. The van der Waals surface area contributed by atoms with Gasteiger partial charge in [-0.15, -0.1) is 0 Å². The van der Waals surface area contributed by atoms with Gasteiger partial charge in [0.1, 0.15) is 12.4 Å². The molecule has 5 rings (SSSR count). The van der Waals surface area contributed by atoms with E-state index in [1.54, 1.807) is 30.4 Å². The van der Waals surface area contributed by atoms with Crippen LogP contribution >= 0.6 is 0 Å². The number of benzene rings is 1. The molecule has 1 aromatic carbocycles. The van der Waals surface area contributed by atoms with Crippen LogP contribution in [0.5, 0.6) is 0 Å². The summed E-state index contributed by atoms with van der Waals surface area (Å²) < 4.78 is 29.4. The average molecular weight is 408 g/mol. The minimum Gasteiger partial charge on any atom is -0.339 e. The zero-order valence-corrected chi connectivity index (χ0v) is 16.4. The third kappa shape index (κ3) is 2.98. The van der Waals surface area contributed by atoms with Gasteiger partial charge < -0.3 is 4.98 Å². The highest BCUT2D eigenvalue weighted by Gasteiger charge is 2.48. The van der Waals surface area contributed by atoms with E-state index in [-0.39, 0.29) is 13.1 Å². The lowest BCUT2D eigenvalue weighted by molar-refractivity contribution is -0.000890. The molecule has 1 N–H and O–H groups in total. The molecule has 0 spiro atoms. The van der Waals surface area contributed by atoms with Gasteiger partial charge in [-0.1, -0.05) is 0 Å². The Morgan fingerprint density at radius 3 is 2.80 bits per heavy atom. The highest BCUT2D eigenvalue weighted by atomic mass is 19.3. The molecular weight excluding hydrogens is 390 g/mol. The van der Waals surface area contributed by atoms with E-state index in [1.165, 1.54) is 10.9 Å². The number of pyridine rings is 1. The number of rotatable bonds is 3. The van der Waals surface area contributed by atoms with Crippen LogP contribution in [0.15, 0.2) is 24.5 Å². The Balaban J connectivity index is 1.67. The van der Waals surface area contributed by atoms with Gasteiger partial charge in [0, 0.05) is 11.9 Å². The Kier molecular flexibility index (Phi) is 4.04. The zero-order valence-electron chi connectivity index (χ0n) is 16.4. The first-order chi connectivity index (χ1) is 14.3. The summed E-state index contributed by atoms with van der Waals surface area (Å²) in [6, 6.07) is 5.28. The second-order valence-electron chi connectivity index (χ2n) is 7.80. The molecule has 3 aromatic heterocycles. The topological polar surface area (TPSA) is 99.3 Å². The van der Waals surface area contributed by atoms with E-state index < -0.39 is 11.8 Å². The molecule has 10 heteroatoms. The van der Waals surface area contributed by atoms with Crippen molar-refractivity contribution in [2.24, 2.45) is 0 Å². The number of aromatic amines is 1. The van der Waals surface area contributed by atoms with Crippen LogP contribution in [0.4, 0.5) is 8.78 Å². The molecule has 0 saturated carbocycles. The Labute approximate surface area is 170 Å². The fourth-order valence-electron chi connectivity index (χ4n) is 4.15. The van der Waals surface area contributed by atoms with E-state index >= 15 is 0 Å². The fraction of sp³-hybridized carbons (Fsp3) is 0.350. The number of likely N-dealkylation sites (N-methyl/N-ethyl adjacent to an activating group) is 1. The highest BCUT2D eigenvalue weighted by Crippen LogP contribution is 2.42. The molecule has 8 nitrogen and oxygen atoms in total. The lowest BCUT2D eigenvalue weighted by Gasteiger charge is -2.19. The molecule has 1 aliphatic rings. The Morgan fingerprint density at radius 1 is 1.30 bits per heavy atom. The van der Waals surface area contributed by atoms with Gasteiger partial charge in [0.15, 0.2) is 0 Å². The summed E-state index contributed by atoms with van der Waals surface area (Å²) in [4.78, 5) is 15.4. The lowest BCUT2D eigenvalue weighted by atomic mass is 9.91. The Bertz CT molecular complexity index is 1320. The number of hydrogen-bond donors (Lipinski definition) is 1. The average Bonchev–Trinajstić information content (AvgIpc) is 3.37. The predicted molar refractivity (Wildman–Crippen MR) is 105 cm³/mol. The van der Waals surface area contributed by atoms with Gasteiger partial charge in [0.2, 0.25) is 0 Å². The summed E-state index contributed by atoms with van der Waals surface area (Å²) in [7, 11) is 1.67. The van der Waals surface area contributed by atoms with Gasteiger partial charge >= 0.3 is 0 Å². The monoisotopic (exact) mass is 408 g/mol. The standard InChI is InChI=1S/C20H18F2N8/c1-11-6-25-30(28-11)9-17-26-16-7-24-18-13(15-8-29(2)10-20(15,21)22)3-12(5-23)4-14(18)19(16)27-17/h3-4,6-7,15H,8-10H2,1-2H3,(H,26,27). The fourth-order valence-corrected chi connectivity index (χ4v) is 4.15. The summed E-state index contributed by atoms with van der Waals surface area (Å²) in [6.45, 7) is 2.06. The highest BCUT2D eigenvalue weighted by molar-refractivity contribution is 6.03. The molecule has 0 bridgehead atoms. The van der Waals surface area contributed by atoms with E-state index in [9.17, 15) is 14.0 Å². The Hall–Kier alpha value is -3.45. The third-order valence-electron chi connectivity index (χ3n) is 5.43. The summed E-state index contributed by atoms with van der Waals surface area (Å²) in [6.07, 6.45) is 3.26. The number of hydrogen-bond acceptors (Lipinski definition) is 6. The summed E-state index contributed by atoms with van der Waals surface area (Å²) >= 11 is 0. The second-order valence-corrected chi connectivity index (χ2v) is 7.80. The minimum atomic E-state index is -2.90. The normalized spacial score (nSPS) is 19.0. The van der Waals surface area contributed by atoms with Gasteiger partial charge in [0.25, 0.3) is 5.92 Å². The number of halogens is 2. The van der Waals surface area contributed by atoms with Crippen LogP contribution in [0, 0.1) is 18.3 Å². The molecule has 4 aromatic rings. The van der Waals surface area contributed by atoms with Crippen molar-refractivity contribution in [2.75, 3.05) is 20.1 Å². The van der Waals surface area contributed by atoms with Crippen molar-refractivity contribution in [3.63, 3.8) is 0 Å². The van der Waals surface area contributed by atoms with Crippen LogP contribution in [-0.4, -0.2) is 60.9 Å². The molecule has 1 unspecified atom stereocenters. The smallest absolute Gasteiger partial charge is 0.268 e. The molecule has 1 aliphatic heterocycles. The predicted octanol–water partition coefficient (Wildman–Crippen LogP) is 2.60. The van der Waals surface area contributed by atoms with Crippen molar-refractivity contribution in [1.82, 2.24) is 34.8 Å². The van der Waals surface area contributed by atoms with Crippen molar-refractivity contribution in [1.29, 1.82) is 5.26 Å². The molecule has 1 saturated heterocycles. The number of nitrogens with one attached hydrogen (secondary N) is 1. The second kappa shape index (κ2) is 6.53. The van der Waals surface area contributed by atoms with Gasteiger partial charge in [-0.2, -0.15) is 20.3 Å². The number of fused-ring (bicyclic) bond motifs is 3. The van der Waals surface area contributed by atoms with Crippen molar-refractivity contribution in [3.8, 4) is 6.07 Å². The maximum Gasteiger partial charge on any atom is 0.268 e. The van der Waals surface area contributed by atoms with E-state index in [2.05, 4.69) is 31.2 Å². The first kappa shape index (κ1) is 18.6. The minimum absolute atomic E-state index is 0.201. The van der Waals surface area contributed by atoms with Gasteiger partial charge in [-0.25, -0.2) is 13.8 Å². The molecule has 0 radical (unpaired) electrons. The van der Waals surface area contributed by atoms with Crippen LogP contribution in [0.2, 0.25) is 0 Å². The van der Waals surface area contributed by atoms with Crippen molar-refractivity contribution in [3.05, 3.63) is 47.2 Å². The number of aryl methyl sites for hydroxylation is 1. The van der Waals surface area contributed by atoms with Crippen LogP contribution in [0.3, 0.4) is 0 Å². The summed E-state index contributed by atoms with van der Waals surface area (Å²) in [5, 5.41) is 18.5. The maximum atomic E-state index is 14.7. The van der Waals surface area contributed by atoms with E-state index in [0.29, 0.717) is 45.4 Å². The SMILES string of the molecule is Cc1cnn(Cc2nc3c(cnc4c(C5CN(C)CC5(F)F)cc(C#N)cc43)[nH]2)n1. The van der Waals surface area contributed by atoms with Gasteiger partial charge in [0.05, 0.1) is 58.7 Å².